The molecule has 84 valence electrons. The van der Waals surface area contributed by atoms with Gasteiger partial charge in [-0.2, -0.15) is 0 Å². The zero-order valence-corrected chi connectivity index (χ0v) is 9.92. The quantitative estimate of drug-likeness (QED) is 0.803. The molecule has 1 N–H and O–H groups in total. The molecule has 0 radical (unpaired) electrons. The van der Waals surface area contributed by atoms with Gasteiger partial charge in [-0.05, 0) is 25.1 Å². The van der Waals surface area contributed by atoms with Crippen LogP contribution < -0.4 is 5.32 Å². The first-order chi connectivity index (χ1) is 7.18. The summed E-state index contributed by atoms with van der Waals surface area (Å²) in [6, 6.07) is 4.04. The van der Waals surface area contributed by atoms with E-state index in [1.165, 1.54) is 0 Å². The molecule has 0 fully saturated rings. The Kier molecular flexibility index (Phi) is 5.36. The predicted molar refractivity (Wildman–Crippen MR) is 64.1 cm³/mol. The minimum absolute atomic E-state index is 0.275. The highest BCUT2D eigenvalue weighted by Gasteiger charge is 2.01. The molecular weight excluding hydrogens is 210 g/mol. The Morgan fingerprint density at radius 2 is 2.47 bits per heavy atom. The van der Waals surface area contributed by atoms with Gasteiger partial charge in [0, 0.05) is 35.4 Å². The molecular formula is C11H17NO2S. The van der Waals surface area contributed by atoms with E-state index in [4.69, 9.17) is 4.42 Å². The molecule has 15 heavy (non-hydrogen) atoms. The summed E-state index contributed by atoms with van der Waals surface area (Å²) in [5.74, 6) is 1.54. The zero-order valence-electron chi connectivity index (χ0n) is 9.10. The number of rotatable bonds is 6. The van der Waals surface area contributed by atoms with Crippen molar-refractivity contribution in [2.45, 2.75) is 13.0 Å². The van der Waals surface area contributed by atoms with E-state index >= 15 is 0 Å². The van der Waals surface area contributed by atoms with Gasteiger partial charge < -0.3 is 9.73 Å². The minimum Gasteiger partial charge on any atom is -0.465 e. The van der Waals surface area contributed by atoms with E-state index in [0.29, 0.717) is 5.75 Å². The molecule has 0 bridgehead atoms. The summed E-state index contributed by atoms with van der Waals surface area (Å²) < 4.78 is 16.1. The van der Waals surface area contributed by atoms with Crippen molar-refractivity contribution in [1.29, 1.82) is 0 Å². The van der Waals surface area contributed by atoms with Crippen molar-refractivity contribution in [3.8, 4) is 0 Å². The van der Waals surface area contributed by atoms with Crippen LogP contribution in [0.5, 0.6) is 0 Å². The van der Waals surface area contributed by atoms with Crippen LogP contribution in [-0.2, 0) is 10.8 Å². The van der Waals surface area contributed by atoms with Gasteiger partial charge in [-0.15, -0.1) is 0 Å². The van der Waals surface area contributed by atoms with Crippen molar-refractivity contribution in [3.63, 3.8) is 0 Å². The normalized spacial score (nSPS) is 15.6. The summed E-state index contributed by atoms with van der Waals surface area (Å²) in [4.78, 5) is 0. The van der Waals surface area contributed by atoms with E-state index in [1.54, 1.807) is 12.5 Å². The highest BCUT2D eigenvalue weighted by Crippen LogP contribution is 2.01. The van der Waals surface area contributed by atoms with E-state index in [9.17, 15) is 4.21 Å². The first kappa shape index (κ1) is 12.2. The molecule has 3 nitrogen and oxygen atoms in total. The second-order valence-corrected chi connectivity index (χ2v) is 4.95. The number of hydrogen-bond acceptors (Lipinski definition) is 3. The Bertz CT molecular complexity index is 319. The van der Waals surface area contributed by atoms with Crippen LogP contribution in [0.1, 0.15) is 12.7 Å². The third-order valence-electron chi connectivity index (χ3n) is 1.89. The summed E-state index contributed by atoms with van der Waals surface area (Å²) >= 11 is 0. The number of nitrogens with one attached hydrogen (secondary N) is 1. The average Bonchev–Trinajstić information content (AvgIpc) is 2.63. The van der Waals surface area contributed by atoms with Crippen LogP contribution in [0.4, 0.5) is 0 Å². The lowest BCUT2D eigenvalue weighted by atomic mass is 10.3. The van der Waals surface area contributed by atoms with E-state index in [0.717, 1.165) is 12.3 Å². The number of hydrogen-bond donors (Lipinski definition) is 1. The summed E-state index contributed by atoms with van der Waals surface area (Å²) in [6.07, 6.45) is 7.28. The Morgan fingerprint density at radius 1 is 1.67 bits per heavy atom. The van der Waals surface area contributed by atoms with Gasteiger partial charge in [-0.25, -0.2) is 0 Å². The van der Waals surface area contributed by atoms with Gasteiger partial charge in [0.05, 0.1) is 6.26 Å². The highest BCUT2D eigenvalue weighted by atomic mass is 32.2. The van der Waals surface area contributed by atoms with Crippen LogP contribution in [-0.4, -0.2) is 28.8 Å². The van der Waals surface area contributed by atoms with E-state index in [1.807, 2.05) is 31.2 Å². The molecule has 0 amide bonds. The molecule has 2 unspecified atom stereocenters. The monoisotopic (exact) mass is 227 g/mol. The smallest absolute Gasteiger partial charge is 0.126 e. The minimum atomic E-state index is -0.736. The molecule has 0 spiro atoms. The van der Waals surface area contributed by atoms with Crippen molar-refractivity contribution in [2.75, 3.05) is 18.6 Å². The average molecular weight is 227 g/mol. The maximum Gasteiger partial charge on any atom is 0.126 e. The van der Waals surface area contributed by atoms with Gasteiger partial charge in [-0.1, -0.05) is 6.08 Å². The van der Waals surface area contributed by atoms with Gasteiger partial charge >= 0.3 is 0 Å². The molecule has 0 aliphatic heterocycles. The van der Waals surface area contributed by atoms with Crippen molar-refractivity contribution in [3.05, 3.63) is 30.2 Å². The van der Waals surface area contributed by atoms with Crippen LogP contribution in [0.2, 0.25) is 0 Å². The maximum atomic E-state index is 10.9. The fraction of sp³-hybridized carbons (Fsp3) is 0.455. The van der Waals surface area contributed by atoms with Gasteiger partial charge in [0.1, 0.15) is 5.76 Å². The predicted octanol–water partition coefficient (Wildman–Crippen LogP) is 1.65. The largest absolute Gasteiger partial charge is 0.465 e. The maximum absolute atomic E-state index is 10.9. The van der Waals surface area contributed by atoms with Crippen molar-refractivity contribution in [2.24, 2.45) is 0 Å². The highest BCUT2D eigenvalue weighted by molar-refractivity contribution is 7.84. The van der Waals surface area contributed by atoms with E-state index in [-0.39, 0.29) is 6.04 Å². The Hall–Kier alpha value is -0.870. The lowest BCUT2D eigenvalue weighted by Crippen LogP contribution is -2.30. The molecule has 0 aliphatic rings. The van der Waals surface area contributed by atoms with E-state index in [2.05, 4.69) is 5.32 Å². The molecule has 1 aromatic heterocycles. The second-order valence-electron chi connectivity index (χ2n) is 3.47. The Balaban J connectivity index is 2.18. The molecule has 0 saturated heterocycles. The Morgan fingerprint density at radius 3 is 3.07 bits per heavy atom. The standard InChI is InChI=1S/C11H17NO2S/c1-10(9-15(2)13)12-7-3-5-11-6-4-8-14-11/h3-6,8,10,12H,7,9H2,1-2H3/b5-3+. The van der Waals surface area contributed by atoms with Gasteiger partial charge in [0.2, 0.25) is 0 Å². The zero-order chi connectivity index (χ0) is 11.1. The summed E-state index contributed by atoms with van der Waals surface area (Å²) in [7, 11) is -0.736. The SMILES string of the molecule is CC(CS(C)=O)NC/C=C/c1ccco1. The molecule has 0 saturated carbocycles. The lowest BCUT2D eigenvalue weighted by molar-refractivity contribution is 0.556. The van der Waals surface area contributed by atoms with Crippen LogP contribution in [0.3, 0.4) is 0 Å². The van der Waals surface area contributed by atoms with Crippen LogP contribution in [0, 0.1) is 0 Å². The van der Waals surface area contributed by atoms with Crippen LogP contribution in [0.25, 0.3) is 6.08 Å². The third kappa shape index (κ3) is 5.54. The van der Waals surface area contributed by atoms with Gasteiger partial charge in [-0.3, -0.25) is 4.21 Å². The summed E-state index contributed by atoms with van der Waals surface area (Å²) in [5, 5.41) is 3.25. The molecule has 1 heterocycles. The molecule has 2 atom stereocenters. The fourth-order valence-corrected chi connectivity index (χ4v) is 2.06. The molecule has 0 aliphatic carbocycles. The summed E-state index contributed by atoms with van der Waals surface area (Å²) in [6.45, 7) is 2.79. The molecule has 4 heteroatoms. The van der Waals surface area contributed by atoms with E-state index < -0.39 is 10.8 Å². The van der Waals surface area contributed by atoms with Crippen LogP contribution in [0.15, 0.2) is 28.9 Å². The first-order valence-electron chi connectivity index (χ1n) is 4.92. The van der Waals surface area contributed by atoms with Gasteiger partial charge in [0.15, 0.2) is 0 Å². The van der Waals surface area contributed by atoms with Crippen molar-refractivity contribution < 1.29 is 8.63 Å². The molecule has 0 aromatic carbocycles. The van der Waals surface area contributed by atoms with Gasteiger partial charge in [0.25, 0.3) is 0 Å². The summed E-state index contributed by atoms with van der Waals surface area (Å²) in [5.41, 5.74) is 0. The fourth-order valence-electron chi connectivity index (χ4n) is 1.24. The molecule has 1 aromatic rings. The van der Waals surface area contributed by atoms with Crippen molar-refractivity contribution in [1.82, 2.24) is 5.32 Å². The first-order valence-corrected chi connectivity index (χ1v) is 6.64. The van der Waals surface area contributed by atoms with Crippen molar-refractivity contribution >= 4 is 16.9 Å². The molecule has 1 rings (SSSR count). The van der Waals surface area contributed by atoms with Crippen LogP contribution >= 0.6 is 0 Å². The third-order valence-corrected chi connectivity index (χ3v) is 2.86. The second kappa shape index (κ2) is 6.58. The Labute approximate surface area is 93.0 Å². The number of furan rings is 1. The topological polar surface area (TPSA) is 42.2 Å². The lowest BCUT2D eigenvalue weighted by Gasteiger charge is -2.09.